The molecule has 8 heteroatoms. The van der Waals surface area contributed by atoms with Crippen molar-refractivity contribution in [3.8, 4) is 11.1 Å². The number of halogens is 3. The van der Waals surface area contributed by atoms with Crippen LogP contribution in [0.5, 0.6) is 0 Å². The first-order valence-corrected chi connectivity index (χ1v) is 12.9. The fraction of sp³-hybridized carbons (Fsp3) is 0.121. The van der Waals surface area contributed by atoms with Crippen LogP contribution in [0.15, 0.2) is 102 Å². The molecule has 0 aliphatic carbocycles. The number of hydrogen-bond acceptors (Lipinski definition) is 3. The van der Waals surface area contributed by atoms with Crippen molar-refractivity contribution < 1.29 is 18.0 Å². The number of alkyl halides is 3. The molecule has 0 aliphatic heterocycles. The van der Waals surface area contributed by atoms with E-state index in [9.17, 15) is 22.8 Å². The Bertz CT molecular complexity index is 1840. The number of carbonyl (C=O) groups excluding carboxylic acids is 1. The number of fused-ring (bicyclic) bond motifs is 1. The number of carbonyl (C=O) groups is 1. The van der Waals surface area contributed by atoms with Gasteiger partial charge in [0.25, 0.3) is 11.5 Å². The molecule has 3 aromatic carbocycles. The molecule has 0 saturated carbocycles. The van der Waals surface area contributed by atoms with E-state index in [4.69, 9.17) is 0 Å². The number of nitrogens with zero attached hydrogens (tertiary/aromatic N) is 2. The summed E-state index contributed by atoms with van der Waals surface area (Å²) in [5.74, 6) is -0.686. The normalized spacial score (nSPS) is 11.7. The topological polar surface area (TPSA) is 64.0 Å². The second-order valence-electron chi connectivity index (χ2n) is 9.74. The summed E-state index contributed by atoms with van der Waals surface area (Å²) in [5, 5.41) is 3.41. The van der Waals surface area contributed by atoms with E-state index in [2.05, 4.69) is 22.4 Å². The smallest absolute Gasteiger partial charge is 0.322 e. The Labute approximate surface area is 234 Å². The molecule has 206 valence electrons. The van der Waals surface area contributed by atoms with Crippen molar-refractivity contribution in [1.29, 1.82) is 0 Å². The first-order chi connectivity index (χ1) is 19.6. The highest BCUT2D eigenvalue weighted by molar-refractivity contribution is 6.04. The first kappa shape index (κ1) is 27.6. The fourth-order valence-corrected chi connectivity index (χ4v) is 4.62. The summed E-state index contributed by atoms with van der Waals surface area (Å²) in [4.78, 5) is 30.8. The van der Waals surface area contributed by atoms with Crippen molar-refractivity contribution in [2.24, 2.45) is 7.05 Å². The average Bonchev–Trinajstić information content (AvgIpc) is 2.96. The zero-order chi connectivity index (χ0) is 29.1. The quantitative estimate of drug-likeness (QED) is 0.238. The van der Waals surface area contributed by atoms with Gasteiger partial charge in [-0.25, -0.2) is 0 Å². The van der Waals surface area contributed by atoms with E-state index in [1.807, 2.05) is 43.3 Å². The van der Waals surface area contributed by atoms with Crippen LogP contribution in [0.4, 0.5) is 18.9 Å². The second-order valence-corrected chi connectivity index (χ2v) is 9.74. The molecule has 5 aromatic rings. The Kier molecular flexibility index (Phi) is 7.57. The van der Waals surface area contributed by atoms with Crippen LogP contribution < -0.4 is 10.9 Å². The predicted molar refractivity (Wildman–Crippen MR) is 156 cm³/mol. The van der Waals surface area contributed by atoms with Crippen LogP contribution in [0, 0.1) is 6.92 Å². The third-order valence-corrected chi connectivity index (χ3v) is 6.85. The summed E-state index contributed by atoms with van der Waals surface area (Å²) >= 11 is 0. The van der Waals surface area contributed by atoms with E-state index >= 15 is 0 Å². The summed E-state index contributed by atoms with van der Waals surface area (Å²) in [6.45, 7) is 1.84. The van der Waals surface area contributed by atoms with Crippen LogP contribution in [0.3, 0.4) is 0 Å². The molecule has 2 aromatic heterocycles. The van der Waals surface area contributed by atoms with Crippen molar-refractivity contribution in [1.82, 2.24) is 9.55 Å². The van der Waals surface area contributed by atoms with E-state index in [1.54, 1.807) is 42.1 Å². The van der Waals surface area contributed by atoms with E-state index < -0.39 is 17.6 Å². The molecular formula is C33H26F3N3O2. The van der Waals surface area contributed by atoms with Gasteiger partial charge in [0.15, 0.2) is 0 Å². The fourth-order valence-electron chi connectivity index (χ4n) is 4.62. The number of rotatable bonds is 6. The van der Waals surface area contributed by atoms with Crippen molar-refractivity contribution in [3.05, 3.63) is 136 Å². The number of pyridine rings is 2. The molecule has 0 radical (unpaired) electrons. The molecule has 2 heterocycles. The Morgan fingerprint density at radius 2 is 1.73 bits per heavy atom. The first-order valence-electron chi connectivity index (χ1n) is 12.9. The Hall–Kier alpha value is -4.98. The summed E-state index contributed by atoms with van der Waals surface area (Å²) in [7, 11) is 1.69. The molecule has 41 heavy (non-hydrogen) atoms. The maximum absolute atomic E-state index is 13.5. The van der Waals surface area contributed by atoms with Crippen molar-refractivity contribution in [2.45, 2.75) is 19.5 Å². The van der Waals surface area contributed by atoms with Crippen LogP contribution in [0.25, 0.3) is 28.1 Å². The summed E-state index contributed by atoms with van der Waals surface area (Å²) in [5.41, 5.74) is 3.55. The number of benzene rings is 3. The van der Waals surface area contributed by atoms with Gasteiger partial charge in [-0.15, -0.1) is 0 Å². The third kappa shape index (κ3) is 6.11. The number of nitrogens with one attached hydrogen (secondary N) is 1. The van der Waals surface area contributed by atoms with E-state index in [0.29, 0.717) is 16.8 Å². The van der Waals surface area contributed by atoms with Crippen LogP contribution in [0.1, 0.15) is 32.7 Å². The van der Waals surface area contributed by atoms with Gasteiger partial charge >= 0.3 is 6.18 Å². The molecular weight excluding hydrogens is 527 g/mol. The lowest BCUT2D eigenvalue weighted by molar-refractivity contribution is -0.137. The maximum Gasteiger partial charge on any atom is 0.416 e. The summed E-state index contributed by atoms with van der Waals surface area (Å²) < 4.78 is 40.8. The van der Waals surface area contributed by atoms with Gasteiger partial charge in [0.05, 0.1) is 16.8 Å². The summed E-state index contributed by atoms with van der Waals surface area (Å²) in [6, 6.07) is 23.0. The van der Waals surface area contributed by atoms with Crippen molar-refractivity contribution in [3.63, 3.8) is 0 Å². The minimum absolute atomic E-state index is 0.122. The minimum atomic E-state index is -4.56. The van der Waals surface area contributed by atoms with E-state index in [0.717, 1.165) is 40.7 Å². The number of amides is 1. The number of anilines is 1. The van der Waals surface area contributed by atoms with E-state index in [-0.39, 0.29) is 11.1 Å². The largest absolute Gasteiger partial charge is 0.416 e. The highest BCUT2D eigenvalue weighted by atomic mass is 19.4. The Balaban J connectivity index is 1.43. The molecule has 5 rings (SSSR count). The third-order valence-electron chi connectivity index (χ3n) is 6.85. The van der Waals surface area contributed by atoms with Crippen molar-refractivity contribution in [2.75, 3.05) is 5.32 Å². The van der Waals surface area contributed by atoms with Gasteiger partial charge < -0.3 is 9.88 Å². The van der Waals surface area contributed by atoms with Gasteiger partial charge in [-0.1, -0.05) is 48.5 Å². The number of hydrogen-bond donors (Lipinski definition) is 1. The minimum Gasteiger partial charge on any atom is -0.322 e. The lowest BCUT2D eigenvalue weighted by Gasteiger charge is -2.14. The maximum atomic E-state index is 13.5. The Morgan fingerprint density at radius 3 is 2.49 bits per heavy atom. The number of allylic oxidation sites excluding steroid dienone is 1. The van der Waals surface area contributed by atoms with Crippen molar-refractivity contribution >= 4 is 28.6 Å². The highest BCUT2D eigenvalue weighted by Gasteiger charge is 2.31. The molecule has 1 amide bonds. The van der Waals surface area contributed by atoms with E-state index in [1.165, 1.54) is 17.7 Å². The van der Waals surface area contributed by atoms with Gasteiger partial charge in [0.2, 0.25) is 0 Å². The monoisotopic (exact) mass is 553 g/mol. The molecule has 5 nitrogen and oxygen atoms in total. The lowest BCUT2D eigenvalue weighted by atomic mass is 9.99. The van der Waals surface area contributed by atoms with Gasteiger partial charge in [0, 0.05) is 35.4 Å². The van der Waals surface area contributed by atoms with Gasteiger partial charge in [0.1, 0.15) is 0 Å². The van der Waals surface area contributed by atoms with Gasteiger partial charge in [-0.2, -0.15) is 13.2 Å². The van der Waals surface area contributed by atoms with Gasteiger partial charge in [-0.3, -0.25) is 14.6 Å². The average molecular weight is 554 g/mol. The number of aromatic nitrogens is 2. The SMILES string of the molecule is Cc1ccc(NC(=O)c2cccc(C(F)(F)F)c2)cc1-c1cc2cnc(/C=C/Cc3ccccc3)cc2n(C)c1=O. The zero-order valence-corrected chi connectivity index (χ0v) is 22.4. The summed E-state index contributed by atoms with van der Waals surface area (Å²) in [6.07, 6.45) is 1.87. The second kappa shape index (κ2) is 11.3. The molecule has 0 spiro atoms. The standard InChI is InChI=1S/C33H26F3N3O2/c1-21-14-15-27(38-31(40)23-11-7-12-25(16-23)33(34,35)36)18-28(21)29-17-24-20-37-26(19-30(24)39(2)32(29)41)13-6-10-22-8-4-3-5-9-22/h3-9,11-20H,10H2,1-2H3,(H,38,40)/b13-6+. The van der Waals surface area contributed by atoms with Crippen LogP contribution in [-0.4, -0.2) is 15.5 Å². The Morgan fingerprint density at radius 1 is 0.951 bits per heavy atom. The number of aryl methyl sites for hydroxylation is 2. The molecule has 0 aliphatic rings. The molecule has 0 fully saturated rings. The zero-order valence-electron chi connectivity index (χ0n) is 22.4. The molecule has 0 bridgehead atoms. The molecule has 0 unspecified atom stereocenters. The van der Waals surface area contributed by atoms with Crippen LogP contribution in [0.2, 0.25) is 0 Å². The van der Waals surface area contributed by atoms with Crippen LogP contribution >= 0.6 is 0 Å². The molecule has 0 atom stereocenters. The predicted octanol–water partition coefficient (Wildman–Crippen LogP) is 7.44. The highest BCUT2D eigenvalue weighted by Crippen LogP contribution is 2.30. The lowest BCUT2D eigenvalue weighted by Crippen LogP contribution is -2.19. The molecule has 0 saturated heterocycles. The van der Waals surface area contributed by atoms with Crippen LogP contribution in [-0.2, 0) is 19.6 Å². The van der Waals surface area contributed by atoms with Gasteiger partial charge in [-0.05, 0) is 78.6 Å². The molecule has 1 N–H and O–H groups in total.